The quantitative estimate of drug-likeness (QED) is 0.637. The molecule has 0 aromatic heterocycles. The average molecular weight is 417 g/mol. The molecule has 1 aliphatic rings. The van der Waals surface area contributed by atoms with E-state index in [-0.39, 0.29) is 17.9 Å². The summed E-state index contributed by atoms with van der Waals surface area (Å²) in [5, 5.41) is 3.16. The third kappa shape index (κ3) is 3.68. The lowest BCUT2D eigenvalue weighted by atomic mass is 9.81. The summed E-state index contributed by atoms with van der Waals surface area (Å²) in [7, 11) is 0. The summed E-state index contributed by atoms with van der Waals surface area (Å²) >= 11 is 3.44. The molecule has 0 bridgehead atoms. The molecule has 2 amide bonds. The van der Waals surface area contributed by atoms with Crippen LogP contribution in [0.4, 0.5) is 9.18 Å². The Bertz CT molecular complexity index is 791. The summed E-state index contributed by atoms with van der Waals surface area (Å²) in [4.78, 5) is 14.7. The standard InChI is InChI=1S/C21H22BrFN2O/c1-3-12-21(17-6-10-19(23)11-7-17)13-14-25(20(26)24-21)15(2)16-4-8-18(22)9-5-16/h3-11,15H,1,12-14H2,2H3,(H,24,26). The van der Waals surface area contributed by atoms with Crippen molar-refractivity contribution in [3.8, 4) is 0 Å². The van der Waals surface area contributed by atoms with E-state index in [1.807, 2.05) is 36.1 Å². The van der Waals surface area contributed by atoms with Gasteiger partial charge in [-0.1, -0.05) is 46.3 Å². The Balaban J connectivity index is 1.83. The number of halogens is 2. The maximum atomic E-state index is 13.3. The van der Waals surface area contributed by atoms with Gasteiger partial charge in [-0.2, -0.15) is 0 Å². The van der Waals surface area contributed by atoms with E-state index in [4.69, 9.17) is 0 Å². The van der Waals surface area contributed by atoms with Gasteiger partial charge in [-0.25, -0.2) is 9.18 Å². The number of carbonyl (C=O) groups is 1. The smallest absolute Gasteiger partial charge is 0.318 e. The van der Waals surface area contributed by atoms with Crippen molar-refractivity contribution in [2.75, 3.05) is 6.54 Å². The molecule has 2 aromatic carbocycles. The van der Waals surface area contributed by atoms with Crippen molar-refractivity contribution < 1.29 is 9.18 Å². The van der Waals surface area contributed by atoms with Crippen LogP contribution in [0.2, 0.25) is 0 Å². The second-order valence-corrected chi connectivity index (χ2v) is 7.60. The van der Waals surface area contributed by atoms with Gasteiger partial charge in [0.25, 0.3) is 0 Å². The van der Waals surface area contributed by atoms with E-state index in [2.05, 4.69) is 27.8 Å². The monoisotopic (exact) mass is 416 g/mol. The Morgan fingerprint density at radius 1 is 1.27 bits per heavy atom. The molecule has 2 unspecified atom stereocenters. The van der Waals surface area contributed by atoms with Crippen LogP contribution >= 0.6 is 15.9 Å². The molecule has 1 heterocycles. The first-order valence-corrected chi connectivity index (χ1v) is 9.46. The van der Waals surface area contributed by atoms with Gasteiger partial charge in [-0.15, -0.1) is 6.58 Å². The van der Waals surface area contributed by atoms with E-state index in [0.717, 1.165) is 22.0 Å². The zero-order chi connectivity index (χ0) is 18.7. The minimum absolute atomic E-state index is 0.0296. The molecular weight excluding hydrogens is 395 g/mol. The zero-order valence-corrected chi connectivity index (χ0v) is 16.3. The second kappa shape index (κ2) is 7.62. The van der Waals surface area contributed by atoms with Crippen LogP contribution in [0.5, 0.6) is 0 Å². The number of urea groups is 1. The van der Waals surface area contributed by atoms with E-state index < -0.39 is 5.54 Å². The lowest BCUT2D eigenvalue weighted by Crippen LogP contribution is -2.58. The Labute approximate surface area is 162 Å². The van der Waals surface area contributed by atoms with E-state index in [1.165, 1.54) is 12.1 Å². The summed E-state index contributed by atoms with van der Waals surface area (Å²) in [6.07, 6.45) is 3.14. The molecule has 0 aliphatic carbocycles. The van der Waals surface area contributed by atoms with Crippen molar-refractivity contribution in [3.05, 3.63) is 82.6 Å². The van der Waals surface area contributed by atoms with Gasteiger partial charge in [0.2, 0.25) is 0 Å². The first-order chi connectivity index (χ1) is 12.4. The second-order valence-electron chi connectivity index (χ2n) is 6.68. The van der Waals surface area contributed by atoms with Crippen molar-refractivity contribution in [2.24, 2.45) is 0 Å². The highest BCUT2D eigenvalue weighted by molar-refractivity contribution is 9.10. The van der Waals surface area contributed by atoms with E-state index in [0.29, 0.717) is 13.0 Å². The summed E-state index contributed by atoms with van der Waals surface area (Å²) in [5.41, 5.74) is 1.45. The molecule has 136 valence electrons. The summed E-state index contributed by atoms with van der Waals surface area (Å²) in [6, 6.07) is 14.2. The summed E-state index contributed by atoms with van der Waals surface area (Å²) < 4.78 is 14.3. The highest BCUT2D eigenvalue weighted by atomic mass is 79.9. The van der Waals surface area contributed by atoms with Gasteiger partial charge >= 0.3 is 6.03 Å². The molecule has 1 aliphatic heterocycles. The summed E-state index contributed by atoms with van der Waals surface area (Å²) in [5.74, 6) is -0.282. The van der Waals surface area contributed by atoms with Crippen LogP contribution in [-0.2, 0) is 5.54 Å². The molecule has 1 saturated heterocycles. The predicted molar refractivity (Wildman–Crippen MR) is 105 cm³/mol. The molecule has 2 atom stereocenters. The maximum Gasteiger partial charge on any atom is 0.318 e. The molecule has 0 saturated carbocycles. The van der Waals surface area contributed by atoms with E-state index in [9.17, 15) is 9.18 Å². The molecule has 5 heteroatoms. The fraction of sp³-hybridized carbons (Fsp3) is 0.286. The molecule has 26 heavy (non-hydrogen) atoms. The molecule has 0 radical (unpaired) electrons. The number of amides is 2. The van der Waals surface area contributed by atoms with Gasteiger partial charge in [0.15, 0.2) is 0 Å². The minimum Gasteiger partial charge on any atom is -0.328 e. The molecule has 3 nitrogen and oxygen atoms in total. The summed E-state index contributed by atoms with van der Waals surface area (Å²) in [6.45, 7) is 6.48. The van der Waals surface area contributed by atoms with Crippen molar-refractivity contribution in [2.45, 2.75) is 31.3 Å². The van der Waals surface area contributed by atoms with Gasteiger partial charge in [0.1, 0.15) is 5.82 Å². The number of hydrogen-bond donors (Lipinski definition) is 1. The van der Waals surface area contributed by atoms with Gasteiger partial charge in [0, 0.05) is 11.0 Å². The van der Waals surface area contributed by atoms with Crippen molar-refractivity contribution in [3.63, 3.8) is 0 Å². The Morgan fingerprint density at radius 2 is 1.92 bits per heavy atom. The van der Waals surface area contributed by atoms with Crippen LogP contribution in [0.15, 0.2) is 65.7 Å². The van der Waals surface area contributed by atoms with Crippen molar-refractivity contribution in [1.29, 1.82) is 0 Å². The zero-order valence-electron chi connectivity index (χ0n) is 14.7. The highest BCUT2D eigenvalue weighted by Crippen LogP contribution is 2.35. The van der Waals surface area contributed by atoms with Crippen LogP contribution < -0.4 is 5.32 Å². The largest absolute Gasteiger partial charge is 0.328 e. The van der Waals surface area contributed by atoms with Gasteiger partial charge < -0.3 is 10.2 Å². The molecule has 1 fully saturated rings. The number of nitrogens with zero attached hydrogens (tertiary/aromatic N) is 1. The van der Waals surface area contributed by atoms with E-state index in [1.54, 1.807) is 18.2 Å². The van der Waals surface area contributed by atoms with Crippen LogP contribution in [0.1, 0.15) is 36.9 Å². The molecule has 3 rings (SSSR count). The lowest BCUT2D eigenvalue weighted by Gasteiger charge is -2.44. The Kier molecular flexibility index (Phi) is 5.47. The predicted octanol–water partition coefficient (Wildman–Crippen LogP) is 5.54. The fourth-order valence-corrected chi connectivity index (χ4v) is 3.81. The third-order valence-corrected chi connectivity index (χ3v) is 5.62. The number of rotatable bonds is 5. The first kappa shape index (κ1) is 18.6. The SMILES string of the molecule is C=CCC1(c2ccc(F)cc2)CCN(C(C)c2ccc(Br)cc2)C(=O)N1. The Hall–Kier alpha value is -2.14. The molecular formula is C21H22BrFN2O. The fourth-order valence-electron chi connectivity index (χ4n) is 3.55. The molecule has 0 spiro atoms. The minimum atomic E-state index is -0.539. The van der Waals surface area contributed by atoms with Crippen LogP contribution in [0, 0.1) is 5.82 Å². The molecule has 2 aromatic rings. The van der Waals surface area contributed by atoms with Gasteiger partial charge in [0.05, 0.1) is 11.6 Å². The number of benzene rings is 2. The van der Waals surface area contributed by atoms with Crippen LogP contribution in [0.25, 0.3) is 0 Å². The third-order valence-electron chi connectivity index (χ3n) is 5.10. The topological polar surface area (TPSA) is 32.3 Å². The van der Waals surface area contributed by atoms with Gasteiger partial charge in [-0.05, 0) is 55.2 Å². The number of hydrogen-bond acceptors (Lipinski definition) is 1. The lowest BCUT2D eigenvalue weighted by molar-refractivity contribution is 0.126. The maximum absolute atomic E-state index is 13.3. The van der Waals surface area contributed by atoms with Crippen molar-refractivity contribution >= 4 is 22.0 Å². The number of carbonyl (C=O) groups excluding carboxylic acids is 1. The van der Waals surface area contributed by atoms with Crippen LogP contribution in [-0.4, -0.2) is 17.5 Å². The molecule has 1 N–H and O–H groups in total. The highest BCUT2D eigenvalue weighted by Gasteiger charge is 2.40. The average Bonchev–Trinajstić information content (AvgIpc) is 2.63. The van der Waals surface area contributed by atoms with Crippen molar-refractivity contribution in [1.82, 2.24) is 10.2 Å². The Morgan fingerprint density at radius 3 is 2.50 bits per heavy atom. The van der Waals surface area contributed by atoms with Gasteiger partial charge in [-0.3, -0.25) is 0 Å². The van der Waals surface area contributed by atoms with E-state index >= 15 is 0 Å². The normalized spacial score (nSPS) is 21.2. The van der Waals surface area contributed by atoms with Crippen LogP contribution in [0.3, 0.4) is 0 Å². The first-order valence-electron chi connectivity index (χ1n) is 8.66. The number of nitrogens with one attached hydrogen (secondary N) is 1.